The lowest BCUT2D eigenvalue weighted by atomic mass is 10.2. The first-order valence-corrected chi connectivity index (χ1v) is 7.08. The van der Waals surface area contributed by atoms with Crippen molar-refractivity contribution in [3.8, 4) is 5.75 Å². The van der Waals surface area contributed by atoms with Gasteiger partial charge in [0.15, 0.2) is 0 Å². The van der Waals surface area contributed by atoms with Crippen molar-refractivity contribution in [2.75, 3.05) is 18.4 Å². The van der Waals surface area contributed by atoms with Gasteiger partial charge in [-0.3, -0.25) is 4.90 Å². The fourth-order valence-corrected chi connectivity index (χ4v) is 2.62. The van der Waals surface area contributed by atoms with Crippen molar-refractivity contribution in [2.45, 2.75) is 39.0 Å². The normalized spacial score (nSPS) is 19.9. The summed E-state index contributed by atoms with van der Waals surface area (Å²) < 4.78 is 28.6. The molecule has 1 aliphatic heterocycles. The average molecular weight is 305 g/mol. The van der Waals surface area contributed by atoms with Crippen molar-refractivity contribution in [3.63, 3.8) is 0 Å². The Labute approximate surface area is 122 Å². The summed E-state index contributed by atoms with van der Waals surface area (Å²) in [5.41, 5.74) is 0.826. The fourth-order valence-electron chi connectivity index (χ4n) is 2.39. The van der Waals surface area contributed by atoms with Crippen LogP contribution in [0.1, 0.15) is 20.3 Å². The summed E-state index contributed by atoms with van der Waals surface area (Å²) in [6.45, 7) is 3.53. The molecule has 0 spiro atoms. The van der Waals surface area contributed by atoms with E-state index in [1.807, 2.05) is 0 Å². The first-order chi connectivity index (χ1) is 9.45. The standard InChI is InChI=1S/C14H19ClF2N2O/c1-9(2)19-6-5-11(8-19)18-10-3-4-13(12(15)7-10)20-14(16)17/h3-4,7,9,11,14,18H,5-6,8H2,1-2H3. The van der Waals surface area contributed by atoms with Crippen molar-refractivity contribution < 1.29 is 13.5 Å². The summed E-state index contributed by atoms with van der Waals surface area (Å²) in [6.07, 6.45) is 1.06. The van der Waals surface area contributed by atoms with E-state index in [1.54, 1.807) is 12.1 Å². The van der Waals surface area contributed by atoms with Crippen LogP contribution in [0, 0.1) is 0 Å². The zero-order valence-electron chi connectivity index (χ0n) is 11.6. The van der Waals surface area contributed by atoms with Gasteiger partial charge in [0.05, 0.1) is 5.02 Å². The summed E-state index contributed by atoms with van der Waals surface area (Å²) in [5.74, 6) is 0.00226. The van der Waals surface area contributed by atoms with Gasteiger partial charge in [-0.2, -0.15) is 8.78 Å². The number of ether oxygens (including phenoxy) is 1. The Balaban J connectivity index is 1.96. The molecule has 1 saturated heterocycles. The third-order valence-electron chi connectivity index (χ3n) is 3.47. The maximum absolute atomic E-state index is 12.1. The molecule has 1 aliphatic rings. The van der Waals surface area contributed by atoms with E-state index >= 15 is 0 Å². The van der Waals surface area contributed by atoms with Crippen LogP contribution in [0.15, 0.2) is 18.2 Å². The molecule has 112 valence electrons. The van der Waals surface area contributed by atoms with Crippen molar-refractivity contribution >= 4 is 17.3 Å². The number of hydrogen-bond acceptors (Lipinski definition) is 3. The van der Waals surface area contributed by atoms with Gasteiger partial charge in [-0.1, -0.05) is 11.6 Å². The van der Waals surface area contributed by atoms with Crippen molar-refractivity contribution in [2.24, 2.45) is 0 Å². The quantitative estimate of drug-likeness (QED) is 0.894. The number of halogens is 3. The van der Waals surface area contributed by atoms with Gasteiger partial charge in [0.2, 0.25) is 0 Å². The van der Waals surface area contributed by atoms with Gasteiger partial charge in [0, 0.05) is 30.9 Å². The third-order valence-corrected chi connectivity index (χ3v) is 3.76. The van der Waals surface area contributed by atoms with Gasteiger partial charge in [-0.25, -0.2) is 0 Å². The lowest BCUT2D eigenvalue weighted by molar-refractivity contribution is -0.0497. The van der Waals surface area contributed by atoms with Gasteiger partial charge < -0.3 is 10.1 Å². The second-order valence-corrected chi connectivity index (χ2v) is 5.65. The minimum absolute atomic E-state index is 0.00226. The summed E-state index contributed by atoms with van der Waals surface area (Å²) in [6, 6.07) is 5.69. The van der Waals surface area contributed by atoms with E-state index < -0.39 is 6.61 Å². The van der Waals surface area contributed by atoms with Crippen LogP contribution < -0.4 is 10.1 Å². The first kappa shape index (κ1) is 15.3. The minimum Gasteiger partial charge on any atom is -0.433 e. The van der Waals surface area contributed by atoms with Crippen molar-refractivity contribution in [1.29, 1.82) is 0 Å². The van der Waals surface area contributed by atoms with Crippen LogP contribution >= 0.6 is 11.6 Å². The largest absolute Gasteiger partial charge is 0.433 e. The number of nitrogens with one attached hydrogen (secondary N) is 1. The molecule has 0 amide bonds. The summed E-state index contributed by atoms with van der Waals surface area (Å²) in [5, 5.41) is 3.57. The van der Waals surface area contributed by atoms with Crippen LogP contribution in [-0.2, 0) is 0 Å². The molecule has 1 aromatic carbocycles. The molecule has 0 saturated carbocycles. The lowest BCUT2D eigenvalue weighted by Gasteiger charge is -2.21. The molecule has 0 aliphatic carbocycles. The Morgan fingerprint density at radius 2 is 2.15 bits per heavy atom. The van der Waals surface area contributed by atoms with Crippen molar-refractivity contribution in [3.05, 3.63) is 23.2 Å². The van der Waals surface area contributed by atoms with Gasteiger partial charge in [-0.05, 0) is 38.5 Å². The molecule has 1 heterocycles. The number of anilines is 1. The SMILES string of the molecule is CC(C)N1CCC(Nc2ccc(OC(F)F)c(Cl)c2)C1. The minimum atomic E-state index is -2.86. The van der Waals surface area contributed by atoms with E-state index in [9.17, 15) is 8.78 Å². The second-order valence-electron chi connectivity index (χ2n) is 5.24. The molecule has 2 rings (SSSR count). The third kappa shape index (κ3) is 3.96. The van der Waals surface area contributed by atoms with E-state index in [2.05, 4.69) is 28.8 Å². The highest BCUT2D eigenvalue weighted by molar-refractivity contribution is 6.32. The molecule has 0 radical (unpaired) electrons. The smallest absolute Gasteiger partial charge is 0.387 e. The predicted octanol–water partition coefficient (Wildman–Crippen LogP) is 3.84. The molecule has 1 fully saturated rings. The Bertz CT molecular complexity index is 457. The molecule has 0 bridgehead atoms. The zero-order valence-corrected chi connectivity index (χ0v) is 12.3. The molecular formula is C14H19ClF2N2O. The number of hydrogen-bond donors (Lipinski definition) is 1. The maximum atomic E-state index is 12.1. The van der Waals surface area contributed by atoms with Gasteiger partial charge in [-0.15, -0.1) is 0 Å². The van der Waals surface area contributed by atoms with Gasteiger partial charge in [0.1, 0.15) is 5.75 Å². The molecule has 6 heteroatoms. The Morgan fingerprint density at radius 3 is 2.70 bits per heavy atom. The molecule has 1 atom stereocenters. The first-order valence-electron chi connectivity index (χ1n) is 6.70. The molecular weight excluding hydrogens is 286 g/mol. The molecule has 0 aromatic heterocycles. The number of alkyl halides is 2. The Kier molecular flexibility index (Phi) is 5.05. The highest BCUT2D eigenvalue weighted by atomic mass is 35.5. The van der Waals surface area contributed by atoms with Crippen LogP contribution in [-0.4, -0.2) is 36.7 Å². The monoisotopic (exact) mass is 304 g/mol. The van der Waals surface area contributed by atoms with Crippen LogP contribution in [0.2, 0.25) is 5.02 Å². The van der Waals surface area contributed by atoms with E-state index in [0.717, 1.165) is 25.2 Å². The number of nitrogens with zero attached hydrogens (tertiary/aromatic N) is 1. The maximum Gasteiger partial charge on any atom is 0.387 e. The van der Waals surface area contributed by atoms with Crippen LogP contribution in [0.5, 0.6) is 5.75 Å². The second kappa shape index (κ2) is 6.59. The number of benzene rings is 1. The van der Waals surface area contributed by atoms with E-state index in [0.29, 0.717) is 12.1 Å². The summed E-state index contributed by atoms with van der Waals surface area (Å²) in [7, 11) is 0. The fraction of sp³-hybridized carbons (Fsp3) is 0.571. The molecule has 1 aromatic rings. The molecule has 1 unspecified atom stereocenters. The average Bonchev–Trinajstić information content (AvgIpc) is 2.81. The Hall–Kier alpha value is -1.07. The van der Waals surface area contributed by atoms with Gasteiger partial charge >= 0.3 is 6.61 Å². The van der Waals surface area contributed by atoms with Crippen LogP contribution in [0.4, 0.5) is 14.5 Å². The Morgan fingerprint density at radius 1 is 1.40 bits per heavy atom. The van der Waals surface area contributed by atoms with Gasteiger partial charge in [0.25, 0.3) is 0 Å². The van der Waals surface area contributed by atoms with Crippen LogP contribution in [0.3, 0.4) is 0 Å². The van der Waals surface area contributed by atoms with E-state index in [4.69, 9.17) is 11.6 Å². The number of rotatable bonds is 5. The summed E-state index contributed by atoms with van der Waals surface area (Å²) in [4.78, 5) is 2.40. The van der Waals surface area contributed by atoms with Crippen LogP contribution in [0.25, 0.3) is 0 Å². The van der Waals surface area contributed by atoms with E-state index in [1.165, 1.54) is 6.07 Å². The number of likely N-dealkylation sites (tertiary alicyclic amines) is 1. The molecule has 3 nitrogen and oxygen atoms in total. The topological polar surface area (TPSA) is 24.5 Å². The highest BCUT2D eigenvalue weighted by Crippen LogP contribution is 2.29. The predicted molar refractivity (Wildman–Crippen MR) is 76.8 cm³/mol. The van der Waals surface area contributed by atoms with Crippen molar-refractivity contribution in [1.82, 2.24) is 4.90 Å². The molecule has 1 N–H and O–H groups in total. The summed E-state index contributed by atoms with van der Waals surface area (Å²) >= 11 is 5.93. The highest BCUT2D eigenvalue weighted by Gasteiger charge is 2.24. The molecule has 20 heavy (non-hydrogen) atoms. The lowest BCUT2D eigenvalue weighted by Crippen LogP contribution is -2.31. The van der Waals surface area contributed by atoms with E-state index in [-0.39, 0.29) is 10.8 Å². The zero-order chi connectivity index (χ0) is 14.7.